The second-order valence-corrected chi connectivity index (χ2v) is 4.33. The van der Waals surface area contributed by atoms with Gasteiger partial charge in [-0.3, -0.25) is 4.79 Å². The van der Waals surface area contributed by atoms with E-state index in [9.17, 15) is 4.79 Å². The summed E-state index contributed by atoms with van der Waals surface area (Å²) in [6.07, 6.45) is 3.48. The molecule has 86 valence electrons. The molecule has 0 saturated carbocycles. The molecule has 0 aliphatic carbocycles. The highest BCUT2D eigenvalue weighted by Gasteiger charge is 2.24. The molecule has 1 aromatic heterocycles. The van der Waals surface area contributed by atoms with Gasteiger partial charge < -0.3 is 11.1 Å². The number of nitrogens with zero attached hydrogens (tertiary/aromatic N) is 1. The lowest BCUT2D eigenvalue weighted by atomic mass is 9.89. The van der Waals surface area contributed by atoms with Crippen LogP contribution in [0.1, 0.15) is 28.8 Å². The molecule has 0 radical (unpaired) electrons. The van der Waals surface area contributed by atoms with Crippen molar-refractivity contribution >= 4 is 11.6 Å². The maximum absolute atomic E-state index is 12.2. The van der Waals surface area contributed by atoms with Crippen LogP contribution >= 0.6 is 0 Å². The number of aryl methyl sites for hydroxylation is 1. The zero-order valence-electron chi connectivity index (χ0n) is 9.49. The maximum Gasteiger partial charge on any atom is 0.169 e. The SMILES string of the molecule is Cc1cnc(N)c(C(=O)C2CCNCC2)c1. The fourth-order valence-electron chi connectivity index (χ4n) is 2.08. The standard InChI is InChI=1S/C12H17N3O/c1-8-6-10(12(13)15-7-8)11(16)9-2-4-14-5-3-9/h6-7,9,14H,2-5H2,1H3,(H2,13,15). The van der Waals surface area contributed by atoms with Gasteiger partial charge in [-0.05, 0) is 44.5 Å². The molecule has 0 amide bonds. The second-order valence-electron chi connectivity index (χ2n) is 4.33. The number of hydrogen-bond acceptors (Lipinski definition) is 4. The number of nitrogens with one attached hydrogen (secondary N) is 1. The number of ketones is 1. The van der Waals surface area contributed by atoms with Gasteiger partial charge >= 0.3 is 0 Å². The third-order valence-electron chi connectivity index (χ3n) is 3.03. The van der Waals surface area contributed by atoms with Crippen LogP contribution in [0, 0.1) is 12.8 Å². The van der Waals surface area contributed by atoms with Crippen LogP contribution in [0.5, 0.6) is 0 Å². The van der Waals surface area contributed by atoms with E-state index < -0.39 is 0 Å². The summed E-state index contributed by atoms with van der Waals surface area (Å²) >= 11 is 0. The van der Waals surface area contributed by atoms with E-state index in [0.29, 0.717) is 11.4 Å². The number of anilines is 1. The van der Waals surface area contributed by atoms with Crippen molar-refractivity contribution in [2.24, 2.45) is 5.92 Å². The van der Waals surface area contributed by atoms with Gasteiger partial charge in [-0.25, -0.2) is 4.98 Å². The van der Waals surface area contributed by atoms with Crippen molar-refractivity contribution in [3.8, 4) is 0 Å². The van der Waals surface area contributed by atoms with Gasteiger partial charge in [0.1, 0.15) is 5.82 Å². The highest BCUT2D eigenvalue weighted by atomic mass is 16.1. The van der Waals surface area contributed by atoms with Crippen molar-refractivity contribution in [2.45, 2.75) is 19.8 Å². The predicted molar refractivity (Wildman–Crippen MR) is 63.3 cm³/mol. The summed E-state index contributed by atoms with van der Waals surface area (Å²) in [7, 11) is 0. The number of nitrogen functional groups attached to an aromatic ring is 1. The van der Waals surface area contributed by atoms with Crippen LogP contribution in [0.15, 0.2) is 12.3 Å². The fraction of sp³-hybridized carbons (Fsp3) is 0.500. The Morgan fingerprint density at radius 3 is 2.88 bits per heavy atom. The lowest BCUT2D eigenvalue weighted by Gasteiger charge is -2.21. The minimum absolute atomic E-state index is 0.104. The largest absolute Gasteiger partial charge is 0.383 e. The summed E-state index contributed by atoms with van der Waals surface area (Å²) in [5.74, 6) is 0.608. The molecule has 4 nitrogen and oxygen atoms in total. The first-order chi connectivity index (χ1) is 7.68. The van der Waals surface area contributed by atoms with Gasteiger partial charge in [0.25, 0.3) is 0 Å². The molecule has 2 rings (SSSR count). The molecular weight excluding hydrogens is 202 g/mol. The number of carbonyl (C=O) groups is 1. The van der Waals surface area contributed by atoms with Crippen molar-refractivity contribution in [2.75, 3.05) is 18.8 Å². The second kappa shape index (κ2) is 4.61. The summed E-state index contributed by atoms with van der Waals surface area (Å²) in [5, 5.41) is 3.25. The molecule has 3 N–H and O–H groups in total. The molecule has 4 heteroatoms. The van der Waals surface area contributed by atoms with E-state index in [2.05, 4.69) is 10.3 Å². The quantitative estimate of drug-likeness (QED) is 0.732. The maximum atomic E-state index is 12.2. The molecule has 1 aliphatic heterocycles. The van der Waals surface area contributed by atoms with Gasteiger partial charge in [0.2, 0.25) is 0 Å². The number of nitrogens with two attached hydrogens (primary N) is 1. The molecular formula is C12H17N3O. The molecule has 1 saturated heterocycles. The number of hydrogen-bond donors (Lipinski definition) is 2. The van der Waals surface area contributed by atoms with Gasteiger partial charge in [-0.2, -0.15) is 0 Å². The molecule has 0 bridgehead atoms. The summed E-state index contributed by atoms with van der Waals surface area (Å²) < 4.78 is 0. The predicted octanol–water partition coefficient (Wildman–Crippen LogP) is 1.15. The van der Waals surface area contributed by atoms with E-state index in [1.54, 1.807) is 6.20 Å². The Labute approximate surface area is 95.3 Å². The minimum atomic E-state index is 0.104. The van der Waals surface area contributed by atoms with Crippen LogP contribution in [-0.2, 0) is 0 Å². The van der Waals surface area contributed by atoms with Crippen LogP contribution in [-0.4, -0.2) is 23.9 Å². The molecule has 0 unspecified atom stereocenters. The van der Waals surface area contributed by atoms with Crippen LogP contribution in [0.2, 0.25) is 0 Å². The average molecular weight is 219 g/mol. The number of Topliss-reactive ketones (excluding diaryl/α,β-unsaturated/α-hetero) is 1. The Balaban J connectivity index is 2.22. The molecule has 0 spiro atoms. The van der Waals surface area contributed by atoms with Crippen LogP contribution in [0.4, 0.5) is 5.82 Å². The van der Waals surface area contributed by atoms with Crippen LogP contribution < -0.4 is 11.1 Å². The van der Waals surface area contributed by atoms with Gasteiger partial charge in [0, 0.05) is 12.1 Å². The Kier molecular flexibility index (Phi) is 3.19. The van der Waals surface area contributed by atoms with Gasteiger partial charge in [0.15, 0.2) is 5.78 Å². The summed E-state index contributed by atoms with van der Waals surface area (Å²) in [5.41, 5.74) is 7.32. The lowest BCUT2D eigenvalue weighted by molar-refractivity contribution is 0.0895. The summed E-state index contributed by atoms with van der Waals surface area (Å²) in [4.78, 5) is 16.3. The molecule has 0 aromatic carbocycles. The first-order valence-corrected chi connectivity index (χ1v) is 5.65. The van der Waals surface area contributed by atoms with Crippen molar-refractivity contribution in [1.82, 2.24) is 10.3 Å². The molecule has 16 heavy (non-hydrogen) atoms. The van der Waals surface area contributed by atoms with E-state index in [0.717, 1.165) is 31.5 Å². The Hall–Kier alpha value is -1.42. The number of aromatic nitrogens is 1. The smallest absolute Gasteiger partial charge is 0.169 e. The number of pyridine rings is 1. The minimum Gasteiger partial charge on any atom is -0.383 e. The number of piperidine rings is 1. The van der Waals surface area contributed by atoms with E-state index in [4.69, 9.17) is 5.73 Å². The van der Waals surface area contributed by atoms with Crippen molar-refractivity contribution in [3.63, 3.8) is 0 Å². The highest BCUT2D eigenvalue weighted by Crippen LogP contribution is 2.21. The van der Waals surface area contributed by atoms with E-state index in [-0.39, 0.29) is 11.7 Å². The zero-order chi connectivity index (χ0) is 11.5. The third-order valence-corrected chi connectivity index (χ3v) is 3.03. The number of carbonyl (C=O) groups excluding carboxylic acids is 1. The zero-order valence-corrected chi connectivity index (χ0v) is 9.49. The summed E-state index contributed by atoms with van der Waals surface area (Å²) in [6.45, 7) is 3.75. The molecule has 0 atom stereocenters. The van der Waals surface area contributed by atoms with Crippen LogP contribution in [0.3, 0.4) is 0 Å². The first kappa shape index (κ1) is 11.1. The average Bonchev–Trinajstić information content (AvgIpc) is 2.32. The summed E-state index contributed by atoms with van der Waals surface area (Å²) in [6, 6.07) is 1.84. The van der Waals surface area contributed by atoms with E-state index in [1.165, 1.54) is 0 Å². The third kappa shape index (κ3) is 2.22. The van der Waals surface area contributed by atoms with Crippen LogP contribution in [0.25, 0.3) is 0 Å². The van der Waals surface area contributed by atoms with E-state index in [1.807, 2.05) is 13.0 Å². The first-order valence-electron chi connectivity index (χ1n) is 5.65. The topological polar surface area (TPSA) is 68.0 Å². The molecule has 1 aliphatic rings. The van der Waals surface area contributed by atoms with Crippen molar-refractivity contribution < 1.29 is 4.79 Å². The molecule has 2 heterocycles. The van der Waals surface area contributed by atoms with Gasteiger partial charge in [-0.1, -0.05) is 0 Å². The van der Waals surface area contributed by atoms with Gasteiger partial charge in [-0.15, -0.1) is 0 Å². The van der Waals surface area contributed by atoms with Crippen molar-refractivity contribution in [3.05, 3.63) is 23.4 Å². The Bertz CT molecular complexity index is 397. The molecule has 1 fully saturated rings. The van der Waals surface area contributed by atoms with Gasteiger partial charge in [0.05, 0.1) is 5.56 Å². The van der Waals surface area contributed by atoms with E-state index >= 15 is 0 Å². The molecule has 1 aromatic rings. The fourth-order valence-corrected chi connectivity index (χ4v) is 2.08. The Morgan fingerprint density at radius 2 is 2.19 bits per heavy atom. The highest BCUT2D eigenvalue weighted by molar-refractivity contribution is 6.01. The van der Waals surface area contributed by atoms with Crippen molar-refractivity contribution in [1.29, 1.82) is 0 Å². The normalized spacial score (nSPS) is 17.3. The monoisotopic (exact) mass is 219 g/mol. The number of rotatable bonds is 2. The Morgan fingerprint density at radius 1 is 1.50 bits per heavy atom. The lowest BCUT2D eigenvalue weighted by Crippen LogP contribution is -2.32.